The highest BCUT2D eigenvalue weighted by molar-refractivity contribution is 5.94. The van der Waals surface area contributed by atoms with Gasteiger partial charge >= 0.3 is 0 Å². The Morgan fingerprint density at radius 2 is 2.35 bits per heavy atom. The zero-order valence-corrected chi connectivity index (χ0v) is 13.4. The number of nitrogens with one attached hydrogen (secondary N) is 2. The Morgan fingerprint density at radius 3 is 3.09 bits per heavy atom. The van der Waals surface area contributed by atoms with E-state index in [4.69, 9.17) is 0 Å². The van der Waals surface area contributed by atoms with Crippen LogP contribution < -0.4 is 5.32 Å². The van der Waals surface area contributed by atoms with Gasteiger partial charge in [0.05, 0.1) is 6.20 Å². The fourth-order valence-corrected chi connectivity index (χ4v) is 2.97. The summed E-state index contributed by atoms with van der Waals surface area (Å²) >= 11 is 0. The molecule has 2 heterocycles. The molecule has 1 amide bonds. The summed E-state index contributed by atoms with van der Waals surface area (Å²) in [5.74, 6) is 0.0649. The number of amides is 1. The van der Waals surface area contributed by atoms with Gasteiger partial charge in [-0.2, -0.15) is 5.10 Å². The Labute approximate surface area is 134 Å². The lowest BCUT2D eigenvalue weighted by molar-refractivity contribution is 0.0945. The molecule has 1 aliphatic rings. The third-order valence-electron chi connectivity index (χ3n) is 4.43. The number of H-pyrrole nitrogens is 1. The molecular weight excluding hydrogens is 295 g/mol. The van der Waals surface area contributed by atoms with Crippen LogP contribution in [0, 0.1) is 11.7 Å². The molecule has 6 heteroatoms. The van der Waals surface area contributed by atoms with Gasteiger partial charge in [0.2, 0.25) is 0 Å². The molecule has 0 saturated carbocycles. The van der Waals surface area contributed by atoms with E-state index in [-0.39, 0.29) is 17.6 Å². The largest absolute Gasteiger partial charge is 0.350 e. The molecule has 122 valence electrons. The summed E-state index contributed by atoms with van der Waals surface area (Å²) in [6.07, 6.45) is 4.17. The molecule has 3 rings (SSSR count). The summed E-state index contributed by atoms with van der Waals surface area (Å²) in [7, 11) is 0. The lowest BCUT2D eigenvalue weighted by Crippen LogP contribution is -2.29. The van der Waals surface area contributed by atoms with E-state index in [0.717, 1.165) is 36.2 Å². The average Bonchev–Trinajstić information content (AvgIpc) is 2.96. The zero-order chi connectivity index (χ0) is 16.4. The van der Waals surface area contributed by atoms with Gasteiger partial charge < -0.3 is 5.32 Å². The summed E-state index contributed by atoms with van der Waals surface area (Å²) < 4.78 is 12.9. The minimum atomic E-state index is -0.359. The minimum Gasteiger partial charge on any atom is -0.350 e. The van der Waals surface area contributed by atoms with Crippen molar-refractivity contribution >= 4 is 5.91 Å². The Kier molecular flexibility index (Phi) is 4.41. The summed E-state index contributed by atoms with van der Waals surface area (Å²) in [6, 6.07) is 3.02. The molecule has 0 aliphatic heterocycles. The van der Waals surface area contributed by atoms with Crippen molar-refractivity contribution in [3.8, 4) is 0 Å². The SMILES string of the molecule is CC1CCc2[nH]nc(C(=O)NCC(C)c3ccc(F)cn3)c2C1. The normalized spacial score (nSPS) is 18.3. The van der Waals surface area contributed by atoms with Crippen molar-refractivity contribution < 1.29 is 9.18 Å². The number of hydrogen-bond donors (Lipinski definition) is 2. The Morgan fingerprint density at radius 1 is 1.52 bits per heavy atom. The summed E-state index contributed by atoms with van der Waals surface area (Å²) in [5.41, 5.74) is 3.39. The second-order valence-electron chi connectivity index (χ2n) is 6.39. The first-order valence-corrected chi connectivity index (χ1v) is 8.00. The summed E-state index contributed by atoms with van der Waals surface area (Å²) in [4.78, 5) is 16.5. The van der Waals surface area contributed by atoms with Crippen molar-refractivity contribution in [2.75, 3.05) is 6.54 Å². The Bertz CT molecular complexity index is 695. The molecule has 2 aromatic heterocycles. The summed E-state index contributed by atoms with van der Waals surface area (Å²) in [6.45, 7) is 4.58. The molecule has 0 saturated heterocycles. The number of nitrogens with zero attached hydrogens (tertiary/aromatic N) is 2. The zero-order valence-electron chi connectivity index (χ0n) is 13.4. The number of carbonyl (C=O) groups excluding carboxylic acids is 1. The first kappa shape index (κ1) is 15.6. The van der Waals surface area contributed by atoms with E-state index in [1.807, 2.05) is 6.92 Å². The van der Waals surface area contributed by atoms with Gasteiger partial charge in [0.15, 0.2) is 5.69 Å². The molecule has 2 N–H and O–H groups in total. The number of halogens is 1. The number of carbonyl (C=O) groups is 1. The molecule has 2 unspecified atom stereocenters. The van der Waals surface area contributed by atoms with Gasteiger partial charge in [-0.05, 0) is 37.3 Å². The van der Waals surface area contributed by atoms with Crippen LogP contribution in [-0.2, 0) is 12.8 Å². The maximum atomic E-state index is 12.9. The second-order valence-corrected chi connectivity index (χ2v) is 6.39. The first-order valence-electron chi connectivity index (χ1n) is 8.00. The van der Waals surface area contributed by atoms with Crippen molar-refractivity contribution in [3.63, 3.8) is 0 Å². The van der Waals surface area contributed by atoms with Crippen LogP contribution in [-0.4, -0.2) is 27.6 Å². The topological polar surface area (TPSA) is 70.7 Å². The molecular formula is C17H21FN4O. The number of fused-ring (bicyclic) bond motifs is 1. The fourth-order valence-electron chi connectivity index (χ4n) is 2.97. The molecule has 1 aliphatic carbocycles. The van der Waals surface area contributed by atoms with Gasteiger partial charge in [-0.25, -0.2) is 4.39 Å². The number of hydrogen-bond acceptors (Lipinski definition) is 3. The monoisotopic (exact) mass is 316 g/mol. The van der Waals surface area contributed by atoms with E-state index < -0.39 is 0 Å². The Balaban J connectivity index is 1.64. The first-order chi connectivity index (χ1) is 11.0. The number of aryl methyl sites for hydroxylation is 1. The number of pyridine rings is 1. The molecule has 2 atom stereocenters. The fraction of sp³-hybridized carbons (Fsp3) is 0.471. The van der Waals surface area contributed by atoms with E-state index in [9.17, 15) is 9.18 Å². The standard InChI is InChI=1S/C17H21FN4O/c1-10-3-5-15-13(7-10)16(22-21-15)17(23)20-8-11(2)14-6-4-12(18)9-19-14/h4,6,9-11H,3,5,7-8H2,1-2H3,(H,20,23)(H,21,22). The minimum absolute atomic E-state index is 0.00763. The van der Waals surface area contributed by atoms with Crippen LogP contribution >= 0.6 is 0 Å². The summed E-state index contributed by atoms with van der Waals surface area (Å²) in [5, 5.41) is 10.1. The van der Waals surface area contributed by atoms with E-state index in [1.165, 1.54) is 12.3 Å². The number of aromatic amines is 1. The maximum absolute atomic E-state index is 12.9. The molecule has 0 bridgehead atoms. The van der Waals surface area contributed by atoms with Crippen LogP contribution in [0.2, 0.25) is 0 Å². The molecule has 5 nitrogen and oxygen atoms in total. The van der Waals surface area contributed by atoms with E-state index in [0.29, 0.717) is 18.2 Å². The highest BCUT2D eigenvalue weighted by Gasteiger charge is 2.24. The van der Waals surface area contributed by atoms with Gasteiger partial charge in [-0.3, -0.25) is 14.9 Å². The highest BCUT2D eigenvalue weighted by atomic mass is 19.1. The van der Waals surface area contributed by atoms with E-state index >= 15 is 0 Å². The molecule has 2 aromatic rings. The van der Waals surface area contributed by atoms with Crippen molar-refractivity contribution in [1.29, 1.82) is 0 Å². The Hall–Kier alpha value is -2.24. The van der Waals surface area contributed by atoms with Gasteiger partial charge in [0.25, 0.3) is 5.91 Å². The molecule has 0 fully saturated rings. The quantitative estimate of drug-likeness (QED) is 0.911. The van der Waals surface area contributed by atoms with E-state index in [1.54, 1.807) is 6.07 Å². The van der Waals surface area contributed by atoms with Gasteiger partial charge in [-0.1, -0.05) is 13.8 Å². The van der Waals surface area contributed by atoms with Crippen LogP contribution in [0.1, 0.15) is 53.6 Å². The van der Waals surface area contributed by atoms with E-state index in [2.05, 4.69) is 27.4 Å². The molecule has 23 heavy (non-hydrogen) atoms. The number of aromatic nitrogens is 3. The predicted octanol–water partition coefficient (Wildman–Crippen LogP) is 2.60. The molecule has 0 aromatic carbocycles. The average molecular weight is 316 g/mol. The van der Waals surface area contributed by atoms with Crippen LogP contribution in [0.4, 0.5) is 4.39 Å². The number of rotatable bonds is 4. The third-order valence-corrected chi connectivity index (χ3v) is 4.43. The second kappa shape index (κ2) is 6.48. The lowest BCUT2D eigenvalue weighted by atomic mass is 9.87. The molecule has 0 radical (unpaired) electrons. The van der Waals surface area contributed by atoms with Crippen LogP contribution in [0.3, 0.4) is 0 Å². The maximum Gasteiger partial charge on any atom is 0.272 e. The predicted molar refractivity (Wildman–Crippen MR) is 84.7 cm³/mol. The van der Waals surface area contributed by atoms with Gasteiger partial charge in [0, 0.05) is 29.4 Å². The third kappa shape index (κ3) is 3.41. The molecule has 0 spiro atoms. The highest BCUT2D eigenvalue weighted by Crippen LogP contribution is 2.26. The van der Waals surface area contributed by atoms with Crippen molar-refractivity contribution in [2.24, 2.45) is 5.92 Å². The van der Waals surface area contributed by atoms with Crippen molar-refractivity contribution in [2.45, 2.75) is 39.0 Å². The lowest BCUT2D eigenvalue weighted by Gasteiger charge is -2.18. The van der Waals surface area contributed by atoms with Crippen LogP contribution in [0.15, 0.2) is 18.3 Å². The van der Waals surface area contributed by atoms with Crippen molar-refractivity contribution in [1.82, 2.24) is 20.5 Å². The van der Waals surface area contributed by atoms with Crippen LogP contribution in [0.5, 0.6) is 0 Å². The smallest absolute Gasteiger partial charge is 0.272 e. The van der Waals surface area contributed by atoms with Crippen LogP contribution in [0.25, 0.3) is 0 Å². The van der Waals surface area contributed by atoms with Gasteiger partial charge in [-0.15, -0.1) is 0 Å². The van der Waals surface area contributed by atoms with Gasteiger partial charge in [0.1, 0.15) is 5.82 Å². The van der Waals surface area contributed by atoms with Crippen molar-refractivity contribution in [3.05, 3.63) is 46.8 Å².